The van der Waals surface area contributed by atoms with Crippen LogP contribution in [0.3, 0.4) is 0 Å². The van der Waals surface area contributed by atoms with Crippen LogP contribution < -0.4 is 44.6 Å². The number of imide groups is 1. The summed E-state index contributed by atoms with van der Waals surface area (Å²) in [5, 5.41) is 3.77. The second-order valence-corrected chi connectivity index (χ2v) is 10.6. The van der Waals surface area contributed by atoms with E-state index in [0.717, 1.165) is 63.1 Å². The number of aromatic nitrogens is 3. The van der Waals surface area contributed by atoms with Crippen molar-refractivity contribution >= 4 is 65.0 Å². The number of fused-ring (bicyclic) bond motifs is 1. The lowest BCUT2D eigenvalue weighted by atomic mass is 10.1. The lowest BCUT2D eigenvalue weighted by molar-refractivity contribution is 0.0926. The molecule has 0 unspecified atom stereocenters. The molecule has 0 radical (unpaired) electrons. The molecule has 2 fully saturated rings. The van der Waals surface area contributed by atoms with Crippen molar-refractivity contribution in [3.63, 3.8) is 0 Å². The highest BCUT2D eigenvalue weighted by atomic mass is 35.5. The lowest BCUT2D eigenvalue weighted by Gasteiger charge is -2.30. The number of amides is 2. The minimum atomic E-state index is -0.369. The van der Waals surface area contributed by atoms with E-state index in [0.29, 0.717) is 39.7 Å². The Labute approximate surface area is 269 Å². The average molecular weight is 645 g/mol. The Kier molecular flexibility index (Phi) is 13.7. The van der Waals surface area contributed by atoms with E-state index < -0.39 is 0 Å². The van der Waals surface area contributed by atoms with E-state index in [2.05, 4.69) is 15.1 Å². The van der Waals surface area contributed by atoms with Crippen LogP contribution >= 0.6 is 24.0 Å². The molecule has 2 aromatic carbocycles. The summed E-state index contributed by atoms with van der Waals surface area (Å²) in [6.45, 7) is 5.66. The Morgan fingerprint density at radius 1 is 0.721 bits per heavy atom. The highest BCUT2D eigenvalue weighted by Crippen LogP contribution is 2.34. The monoisotopic (exact) mass is 643 g/mol. The smallest absolute Gasteiger partial charge is 0.266 e. The van der Waals surface area contributed by atoms with Gasteiger partial charge in [-0.15, -0.1) is 12.4 Å². The molecule has 4 heterocycles. The molecular formula is C28H51Cl2N11O2. The molecule has 3 aromatic rings. The second-order valence-electron chi connectivity index (χ2n) is 10.1. The van der Waals surface area contributed by atoms with Crippen LogP contribution in [-0.4, -0.2) is 52.9 Å². The first-order valence-electron chi connectivity index (χ1n) is 13.3. The molecule has 0 spiro atoms. The molecule has 244 valence electrons. The summed E-state index contributed by atoms with van der Waals surface area (Å²) >= 11 is 6.07. The molecule has 13 N–H and O–H groups in total. The molecule has 13 nitrogen and oxygen atoms in total. The molecule has 3 aliphatic rings. The summed E-state index contributed by atoms with van der Waals surface area (Å²) in [6.07, 6.45) is 7.02. The number of benzene rings is 2. The van der Waals surface area contributed by atoms with Gasteiger partial charge < -0.3 is 39.7 Å². The summed E-state index contributed by atoms with van der Waals surface area (Å²) in [6, 6.07) is 10.3. The molecule has 3 aliphatic heterocycles. The zero-order valence-electron chi connectivity index (χ0n) is 24.6. The summed E-state index contributed by atoms with van der Waals surface area (Å²) in [4.78, 5) is 46.2. The van der Waals surface area contributed by atoms with E-state index in [1.807, 2.05) is 19.1 Å². The maximum Gasteiger partial charge on any atom is 0.266 e. The van der Waals surface area contributed by atoms with Crippen LogP contribution in [0.4, 0.5) is 29.2 Å². The number of rotatable bonds is 5. The predicted molar refractivity (Wildman–Crippen MR) is 185 cm³/mol. The molecule has 2 saturated heterocycles. The van der Waals surface area contributed by atoms with E-state index in [4.69, 9.17) is 26.6 Å². The van der Waals surface area contributed by atoms with Crippen LogP contribution in [0.1, 0.15) is 70.5 Å². The number of nitrogens with zero attached hydrogens (tertiary/aromatic N) is 6. The molecule has 2 amide bonds. The second kappa shape index (κ2) is 15.8. The van der Waals surface area contributed by atoms with Crippen molar-refractivity contribution in [2.75, 3.05) is 46.2 Å². The molecule has 15 heteroatoms. The third-order valence-corrected chi connectivity index (χ3v) is 7.67. The van der Waals surface area contributed by atoms with E-state index in [1.54, 1.807) is 24.3 Å². The fourth-order valence-corrected chi connectivity index (χ4v) is 5.60. The molecule has 0 aliphatic carbocycles. The van der Waals surface area contributed by atoms with Gasteiger partial charge in [-0.25, -0.2) is 4.90 Å². The Bertz CT molecular complexity index is 1400. The van der Waals surface area contributed by atoms with Crippen LogP contribution in [-0.2, 0) is 0 Å². The molecule has 6 rings (SSSR count). The number of anilines is 5. The number of hydrogen-bond acceptors (Lipinski definition) is 12. The van der Waals surface area contributed by atoms with Gasteiger partial charge in [-0.1, -0.05) is 11.6 Å². The van der Waals surface area contributed by atoms with Crippen molar-refractivity contribution < 1.29 is 15.3 Å². The van der Waals surface area contributed by atoms with Gasteiger partial charge in [0.25, 0.3) is 11.8 Å². The predicted octanol–water partition coefficient (Wildman–Crippen LogP) is 7.41. The normalized spacial score (nSPS) is 15.6. The van der Waals surface area contributed by atoms with Gasteiger partial charge >= 0.3 is 0 Å². The highest BCUT2D eigenvalue weighted by molar-refractivity contribution is 6.36. The number of aryl methyl sites for hydroxylation is 1. The maximum absolute atomic E-state index is 13.1. The van der Waals surface area contributed by atoms with Crippen LogP contribution in [0.2, 0.25) is 5.02 Å². The van der Waals surface area contributed by atoms with Gasteiger partial charge in [-0.3, -0.25) is 9.59 Å². The summed E-state index contributed by atoms with van der Waals surface area (Å²) < 4.78 is 0. The van der Waals surface area contributed by atoms with Gasteiger partial charge in [0.1, 0.15) is 0 Å². The Morgan fingerprint density at radius 3 is 1.79 bits per heavy atom. The molecule has 0 atom stereocenters. The summed E-state index contributed by atoms with van der Waals surface area (Å²) in [7, 11) is 0. The zero-order valence-corrected chi connectivity index (χ0v) is 26.2. The van der Waals surface area contributed by atoms with Crippen LogP contribution in [0, 0.1) is 6.92 Å². The third kappa shape index (κ3) is 7.50. The topological polar surface area (TPSA) is 235 Å². The first-order chi connectivity index (χ1) is 18.5. The van der Waals surface area contributed by atoms with E-state index in [-0.39, 0.29) is 54.5 Å². The minimum absolute atomic E-state index is 0. The van der Waals surface area contributed by atoms with Crippen LogP contribution in [0.25, 0.3) is 0 Å². The number of carbonyl (C=O) groups excluding carboxylic acids is 2. The van der Waals surface area contributed by atoms with Crippen molar-refractivity contribution in [2.24, 2.45) is 0 Å². The standard InChI is InChI=1S/C28H30ClN7O2.ClH.4H3N.4H2/c1-18-16-20(9-11-23(18)36-24(37)21-10-8-19(29)17-22(21)25(36)38)30-26-31-27(34-12-4-2-5-13-34)33-28(32-26)35-14-6-3-7-15-35;;;;;;;;;/h8-11,16-17H,2-7,12-15H2,1H3,(H,30,31,32,33);1H;4*1H3;4*1H. The molecule has 0 bridgehead atoms. The quantitative estimate of drug-likeness (QED) is 0.171. The first kappa shape index (κ1) is 37.4. The third-order valence-electron chi connectivity index (χ3n) is 7.43. The van der Waals surface area contributed by atoms with Gasteiger partial charge in [-0.05, 0) is 87.4 Å². The van der Waals surface area contributed by atoms with E-state index >= 15 is 0 Å². The van der Waals surface area contributed by atoms with Crippen molar-refractivity contribution in [3.8, 4) is 0 Å². The number of carbonyl (C=O) groups is 2. The molecular weight excluding hydrogens is 593 g/mol. The fourth-order valence-electron chi connectivity index (χ4n) is 5.43. The Hall–Kier alpha value is -3.59. The lowest BCUT2D eigenvalue weighted by Crippen LogP contribution is -2.34. The fraction of sp³-hybridized carbons (Fsp3) is 0.393. The van der Waals surface area contributed by atoms with Crippen molar-refractivity contribution in [1.29, 1.82) is 0 Å². The average Bonchev–Trinajstić information content (AvgIpc) is 3.18. The van der Waals surface area contributed by atoms with Gasteiger partial charge in [0.05, 0.1) is 16.8 Å². The molecule has 43 heavy (non-hydrogen) atoms. The molecule has 0 saturated carbocycles. The summed E-state index contributed by atoms with van der Waals surface area (Å²) in [5.74, 6) is 1.19. The van der Waals surface area contributed by atoms with Crippen LogP contribution in [0.15, 0.2) is 36.4 Å². The van der Waals surface area contributed by atoms with Crippen molar-refractivity contribution in [3.05, 3.63) is 58.1 Å². The van der Waals surface area contributed by atoms with Gasteiger partial charge in [-0.2, -0.15) is 15.0 Å². The van der Waals surface area contributed by atoms with Crippen LogP contribution in [0.5, 0.6) is 0 Å². The van der Waals surface area contributed by atoms with E-state index in [1.165, 1.54) is 17.7 Å². The van der Waals surface area contributed by atoms with Crippen molar-refractivity contribution in [2.45, 2.75) is 45.4 Å². The zero-order chi connectivity index (χ0) is 26.2. The Balaban J connectivity index is -0.00000103. The minimum Gasteiger partial charge on any atom is -0.344 e. The maximum atomic E-state index is 13.1. The number of halogens is 2. The van der Waals surface area contributed by atoms with E-state index in [9.17, 15) is 9.59 Å². The number of hydrogen-bond donors (Lipinski definition) is 5. The van der Waals surface area contributed by atoms with Gasteiger partial charge in [0.15, 0.2) is 0 Å². The Morgan fingerprint density at radius 2 is 1.26 bits per heavy atom. The largest absolute Gasteiger partial charge is 0.344 e. The van der Waals surface area contributed by atoms with Crippen molar-refractivity contribution in [1.82, 2.24) is 39.6 Å². The number of nitrogens with one attached hydrogen (secondary N) is 1. The van der Waals surface area contributed by atoms with Gasteiger partial charge in [0, 0.05) is 42.6 Å². The molecule has 1 aromatic heterocycles. The first-order valence-corrected chi connectivity index (χ1v) is 13.7. The van der Waals surface area contributed by atoms with Gasteiger partial charge in [0.2, 0.25) is 17.8 Å². The highest BCUT2D eigenvalue weighted by Gasteiger charge is 2.37. The number of piperidine rings is 2. The SMILES string of the molecule is Cc1cc(Nc2nc(N3CCCCC3)nc(N3CCCCC3)n2)ccc1N1C(=O)c2ccc(Cl)cc2C1=O.Cl.N.N.N.N.[HH].[HH].[HH].[HH]. The summed E-state index contributed by atoms with van der Waals surface area (Å²) in [5.41, 5.74) is 2.77.